The Kier molecular flexibility index (Phi) is 5.72. The molecular weight excluding hydrogens is 278 g/mol. The maximum atomic E-state index is 12.4. The van der Waals surface area contributed by atoms with Crippen LogP contribution in [0, 0.1) is 17.8 Å². The molecule has 2 rings (SSSR count). The zero-order valence-corrected chi connectivity index (χ0v) is 13.3. The first kappa shape index (κ1) is 16.7. The average molecular weight is 303 g/mol. The monoisotopic (exact) mass is 303 g/mol. The molecule has 0 amide bonds. The maximum Gasteiger partial charge on any atom is 0.310 e. The topological polar surface area (TPSA) is 69.4 Å². The van der Waals surface area contributed by atoms with Crippen molar-refractivity contribution >= 4 is 11.8 Å². The molecule has 1 aliphatic rings. The van der Waals surface area contributed by atoms with Crippen molar-refractivity contribution in [1.29, 1.82) is 0 Å². The predicted molar refractivity (Wildman–Crippen MR) is 84.9 cm³/mol. The molecule has 3 atom stereocenters. The Balaban J connectivity index is 1.95. The van der Waals surface area contributed by atoms with E-state index in [0.717, 1.165) is 24.8 Å². The lowest BCUT2D eigenvalue weighted by molar-refractivity contribution is -0.153. The van der Waals surface area contributed by atoms with Crippen molar-refractivity contribution in [1.82, 2.24) is 0 Å². The third-order valence-corrected chi connectivity index (χ3v) is 4.45. The van der Waals surface area contributed by atoms with Crippen LogP contribution < -0.4 is 5.73 Å². The van der Waals surface area contributed by atoms with E-state index in [2.05, 4.69) is 0 Å². The molecule has 22 heavy (non-hydrogen) atoms. The lowest BCUT2D eigenvalue weighted by atomic mass is 9.85. The summed E-state index contributed by atoms with van der Waals surface area (Å²) in [6.45, 7) is 4.12. The summed E-state index contributed by atoms with van der Waals surface area (Å²) in [4.78, 5) is 24.8. The normalized spacial score (nSPS) is 22.5. The van der Waals surface area contributed by atoms with Gasteiger partial charge in [0.15, 0.2) is 5.78 Å². The SMILES string of the molecule is CC(C)[C@H](N)C(=O)C1CCCC1C(=O)OCc1ccccc1. The van der Waals surface area contributed by atoms with E-state index in [4.69, 9.17) is 10.5 Å². The number of hydrogen-bond acceptors (Lipinski definition) is 4. The predicted octanol–water partition coefficient (Wildman–Crippen LogP) is 2.70. The third kappa shape index (κ3) is 3.95. The van der Waals surface area contributed by atoms with Crippen LogP contribution in [0.5, 0.6) is 0 Å². The highest BCUT2D eigenvalue weighted by Crippen LogP contribution is 2.34. The number of ketones is 1. The van der Waals surface area contributed by atoms with Crippen LogP contribution in [0.25, 0.3) is 0 Å². The van der Waals surface area contributed by atoms with Crippen molar-refractivity contribution in [3.63, 3.8) is 0 Å². The summed E-state index contributed by atoms with van der Waals surface area (Å²) >= 11 is 0. The number of carbonyl (C=O) groups is 2. The van der Waals surface area contributed by atoms with Crippen LogP contribution in [0.3, 0.4) is 0 Å². The van der Waals surface area contributed by atoms with Crippen molar-refractivity contribution < 1.29 is 14.3 Å². The van der Waals surface area contributed by atoms with E-state index in [9.17, 15) is 9.59 Å². The molecule has 4 heteroatoms. The van der Waals surface area contributed by atoms with Crippen LogP contribution in [0.2, 0.25) is 0 Å². The highest BCUT2D eigenvalue weighted by molar-refractivity contribution is 5.91. The van der Waals surface area contributed by atoms with Gasteiger partial charge in [-0.3, -0.25) is 9.59 Å². The van der Waals surface area contributed by atoms with E-state index in [-0.39, 0.29) is 36.1 Å². The van der Waals surface area contributed by atoms with E-state index in [1.165, 1.54) is 0 Å². The lowest BCUT2D eigenvalue weighted by Crippen LogP contribution is -2.42. The molecule has 4 nitrogen and oxygen atoms in total. The van der Waals surface area contributed by atoms with Crippen molar-refractivity contribution in [2.24, 2.45) is 23.5 Å². The summed E-state index contributed by atoms with van der Waals surface area (Å²) in [7, 11) is 0. The first-order valence-corrected chi connectivity index (χ1v) is 8.00. The van der Waals surface area contributed by atoms with Crippen LogP contribution >= 0.6 is 0 Å². The van der Waals surface area contributed by atoms with Crippen LogP contribution in [0.15, 0.2) is 30.3 Å². The van der Waals surface area contributed by atoms with Crippen LogP contribution in [0.1, 0.15) is 38.7 Å². The standard InChI is InChI=1S/C18H25NO3/c1-12(2)16(19)17(20)14-9-6-10-15(14)18(21)22-11-13-7-4-3-5-8-13/h3-5,7-8,12,14-16H,6,9-11,19H2,1-2H3/t14?,15?,16-/m0/s1. The Bertz CT molecular complexity index is 512. The largest absolute Gasteiger partial charge is 0.461 e. The molecule has 2 unspecified atom stereocenters. The van der Waals surface area contributed by atoms with E-state index < -0.39 is 6.04 Å². The molecule has 0 spiro atoms. The molecule has 2 N–H and O–H groups in total. The Morgan fingerprint density at radius 3 is 2.45 bits per heavy atom. The summed E-state index contributed by atoms with van der Waals surface area (Å²) in [6.07, 6.45) is 2.34. The fraction of sp³-hybridized carbons (Fsp3) is 0.556. The second kappa shape index (κ2) is 7.54. The molecule has 0 aliphatic heterocycles. The second-order valence-electron chi connectivity index (χ2n) is 6.41. The van der Waals surface area contributed by atoms with Gasteiger partial charge in [0.25, 0.3) is 0 Å². The van der Waals surface area contributed by atoms with Gasteiger partial charge in [-0.15, -0.1) is 0 Å². The summed E-state index contributed by atoms with van der Waals surface area (Å²) < 4.78 is 5.40. The quantitative estimate of drug-likeness (QED) is 0.820. The van der Waals surface area contributed by atoms with Gasteiger partial charge in [0.2, 0.25) is 0 Å². The summed E-state index contributed by atoms with van der Waals surface area (Å²) in [5.74, 6) is -0.777. The summed E-state index contributed by atoms with van der Waals surface area (Å²) in [6, 6.07) is 9.08. The first-order valence-electron chi connectivity index (χ1n) is 8.00. The van der Waals surface area contributed by atoms with Gasteiger partial charge in [0.1, 0.15) is 6.61 Å². The summed E-state index contributed by atoms with van der Waals surface area (Å²) in [5.41, 5.74) is 6.92. The molecule has 1 saturated carbocycles. The van der Waals surface area contributed by atoms with Gasteiger partial charge < -0.3 is 10.5 Å². The van der Waals surface area contributed by atoms with E-state index in [1.54, 1.807) is 0 Å². The number of nitrogens with two attached hydrogens (primary N) is 1. The average Bonchev–Trinajstić information content (AvgIpc) is 3.01. The Hall–Kier alpha value is -1.68. The highest BCUT2D eigenvalue weighted by atomic mass is 16.5. The molecule has 1 aliphatic carbocycles. The minimum absolute atomic E-state index is 0.00848. The van der Waals surface area contributed by atoms with E-state index in [1.807, 2.05) is 44.2 Å². The second-order valence-corrected chi connectivity index (χ2v) is 6.41. The van der Waals surface area contributed by atoms with Crippen molar-refractivity contribution in [3.8, 4) is 0 Å². The Morgan fingerprint density at radius 1 is 1.18 bits per heavy atom. The molecule has 0 radical (unpaired) electrons. The van der Waals surface area contributed by atoms with Gasteiger partial charge in [-0.2, -0.15) is 0 Å². The number of hydrogen-bond donors (Lipinski definition) is 1. The lowest BCUT2D eigenvalue weighted by Gasteiger charge is -2.22. The zero-order valence-electron chi connectivity index (χ0n) is 13.3. The third-order valence-electron chi connectivity index (χ3n) is 4.45. The number of rotatable bonds is 6. The van der Waals surface area contributed by atoms with Crippen LogP contribution in [0.4, 0.5) is 0 Å². The van der Waals surface area contributed by atoms with E-state index >= 15 is 0 Å². The molecule has 1 aromatic carbocycles. The highest BCUT2D eigenvalue weighted by Gasteiger charge is 2.40. The van der Waals surface area contributed by atoms with Gasteiger partial charge in [-0.05, 0) is 24.3 Å². The molecular formula is C18H25NO3. The van der Waals surface area contributed by atoms with Crippen molar-refractivity contribution in [2.45, 2.75) is 45.8 Å². The van der Waals surface area contributed by atoms with Gasteiger partial charge in [0.05, 0.1) is 12.0 Å². The molecule has 0 saturated heterocycles. The molecule has 120 valence electrons. The van der Waals surface area contributed by atoms with Crippen molar-refractivity contribution in [2.75, 3.05) is 0 Å². The number of carbonyl (C=O) groups excluding carboxylic acids is 2. The van der Waals surface area contributed by atoms with Gasteiger partial charge >= 0.3 is 5.97 Å². The number of benzene rings is 1. The van der Waals surface area contributed by atoms with Gasteiger partial charge in [-0.25, -0.2) is 0 Å². The molecule has 0 bridgehead atoms. The number of Topliss-reactive ketones (excluding diaryl/α,β-unsaturated/α-hetero) is 1. The van der Waals surface area contributed by atoms with Gasteiger partial charge in [-0.1, -0.05) is 50.6 Å². The van der Waals surface area contributed by atoms with Crippen molar-refractivity contribution in [3.05, 3.63) is 35.9 Å². The fourth-order valence-corrected chi connectivity index (χ4v) is 2.99. The Labute approximate surface area is 132 Å². The zero-order chi connectivity index (χ0) is 16.1. The molecule has 0 heterocycles. The van der Waals surface area contributed by atoms with Crippen LogP contribution in [-0.4, -0.2) is 17.8 Å². The fourth-order valence-electron chi connectivity index (χ4n) is 2.99. The minimum Gasteiger partial charge on any atom is -0.461 e. The summed E-state index contributed by atoms with van der Waals surface area (Å²) in [5, 5.41) is 0. The van der Waals surface area contributed by atoms with E-state index in [0.29, 0.717) is 0 Å². The number of esters is 1. The molecule has 0 aromatic heterocycles. The Morgan fingerprint density at radius 2 is 1.82 bits per heavy atom. The maximum absolute atomic E-state index is 12.4. The van der Waals surface area contributed by atoms with Crippen LogP contribution in [-0.2, 0) is 20.9 Å². The smallest absolute Gasteiger partial charge is 0.310 e. The molecule has 1 aromatic rings. The molecule has 1 fully saturated rings. The minimum atomic E-state index is -0.493. The van der Waals surface area contributed by atoms with Gasteiger partial charge in [0, 0.05) is 5.92 Å². The first-order chi connectivity index (χ1) is 10.5. The number of ether oxygens (including phenoxy) is 1.